The predicted octanol–water partition coefficient (Wildman–Crippen LogP) is 3.04. The van der Waals surface area contributed by atoms with Crippen molar-refractivity contribution in [1.82, 2.24) is 4.98 Å². The Kier molecular flexibility index (Phi) is 3.78. The summed E-state index contributed by atoms with van der Waals surface area (Å²) in [7, 11) is 0. The molecule has 1 N–H and O–H groups in total. The van der Waals surface area contributed by atoms with Crippen LogP contribution in [-0.2, 0) is 17.8 Å². The van der Waals surface area contributed by atoms with Crippen molar-refractivity contribution in [2.75, 3.05) is 0 Å². The minimum Gasteiger partial charge on any atom is -0.456 e. The van der Waals surface area contributed by atoms with Crippen LogP contribution >= 0.6 is 0 Å². The summed E-state index contributed by atoms with van der Waals surface area (Å²) in [6, 6.07) is 10.4. The number of carbonyl (C=O) groups excluding carboxylic acids is 1. The zero-order valence-corrected chi connectivity index (χ0v) is 12.1. The van der Waals surface area contributed by atoms with Crippen LogP contribution < -0.4 is 5.63 Å². The van der Waals surface area contributed by atoms with Gasteiger partial charge in [-0.1, -0.05) is 19.1 Å². The Morgan fingerprint density at radius 2 is 2.14 bits per heavy atom. The molecule has 0 radical (unpaired) electrons. The molecule has 3 aromatic rings. The number of ether oxygens (including phenoxy) is 1. The van der Waals surface area contributed by atoms with Crippen LogP contribution in [0, 0.1) is 0 Å². The van der Waals surface area contributed by atoms with Gasteiger partial charge in [0.2, 0.25) is 0 Å². The lowest BCUT2D eigenvalue weighted by Gasteiger charge is -2.07. The van der Waals surface area contributed by atoms with Gasteiger partial charge in [0.05, 0.1) is 0 Å². The molecular weight excluding hydrogens is 282 g/mol. The zero-order chi connectivity index (χ0) is 15.5. The van der Waals surface area contributed by atoms with Crippen molar-refractivity contribution in [3.63, 3.8) is 0 Å². The highest BCUT2D eigenvalue weighted by Gasteiger charge is 2.11. The first-order valence-corrected chi connectivity index (χ1v) is 7.03. The summed E-state index contributed by atoms with van der Waals surface area (Å²) >= 11 is 0. The van der Waals surface area contributed by atoms with E-state index in [2.05, 4.69) is 4.98 Å². The van der Waals surface area contributed by atoms with Gasteiger partial charge in [0, 0.05) is 23.2 Å². The monoisotopic (exact) mass is 297 g/mol. The van der Waals surface area contributed by atoms with E-state index in [0.717, 1.165) is 17.4 Å². The summed E-state index contributed by atoms with van der Waals surface area (Å²) in [6.45, 7) is 2.05. The number of carbonyl (C=O) groups is 1. The van der Waals surface area contributed by atoms with Gasteiger partial charge in [-0.2, -0.15) is 0 Å². The van der Waals surface area contributed by atoms with Gasteiger partial charge in [-0.3, -0.25) is 0 Å². The Bertz CT molecular complexity index is 862. The van der Waals surface area contributed by atoms with Crippen molar-refractivity contribution < 1.29 is 13.9 Å². The van der Waals surface area contributed by atoms with Crippen LogP contribution in [0.15, 0.2) is 51.8 Å². The molecule has 2 aromatic heterocycles. The number of hydrogen-bond donors (Lipinski definition) is 1. The zero-order valence-electron chi connectivity index (χ0n) is 12.1. The maximum atomic E-state index is 11.8. The van der Waals surface area contributed by atoms with E-state index in [1.807, 2.05) is 25.1 Å². The number of fused-ring (bicyclic) bond motifs is 1. The second kappa shape index (κ2) is 5.89. The third-order valence-electron chi connectivity index (χ3n) is 3.48. The first-order valence-electron chi connectivity index (χ1n) is 7.03. The molecule has 1 aromatic carbocycles. The molecule has 0 aliphatic heterocycles. The number of hydrogen-bond acceptors (Lipinski definition) is 4. The molecule has 5 nitrogen and oxygen atoms in total. The third-order valence-corrected chi connectivity index (χ3v) is 3.48. The number of benzene rings is 1. The topological polar surface area (TPSA) is 72.3 Å². The first-order chi connectivity index (χ1) is 10.7. The molecule has 3 rings (SSSR count). The molecule has 0 saturated carbocycles. The maximum absolute atomic E-state index is 11.8. The predicted molar refractivity (Wildman–Crippen MR) is 81.8 cm³/mol. The number of aromatic nitrogens is 1. The van der Waals surface area contributed by atoms with Crippen molar-refractivity contribution in [3.8, 4) is 0 Å². The molecule has 5 heteroatoms. The molecular formula is C17H15NO4. The van der Waals surface area contributed by atoms with Gasteiger partial charge < -0.3 is 14.1 Å². The van der Waals surface area contributed by atoms with Crippen molar-refractivity contribution >= 4 is 16.9 Å². The van der Waals surface area contributed by atoms with E-state index >= 15 is 0 Å². The van der Waals surface area contributed by atoms with Gasteiger partial charge in [-0.05, 0) is 30.2 Å². The number of H-pyrrole nitrogens is 1. The van der Waals surface area contributed by atoms with E-state index < -0.39 is 11.6 Å². The van der Waals surface area contributed by atoms with E-state index in [4.69, 9.17) is 9.15 Å². The number of rotatable bonds is 4. The largest absolute Gasteiger partial charge is 0.456 e. The van der Waals surface area contributed by atoms with Crippen LogP contribution in [0.3, 0.4) is 0 Å². The lowest BCUT2D eigenvalue weighted by Crippen LogP contribution is -2.08. The SMILES string of the molecule is CCc1ccc2c(COC(=O)c3ccc[nH]3)cc(=O)oc2c1. The number of nitrogens with one attached hydrogen (secondary N) is 1. The summed E-state index contributed by atoms with van der Waals surface area (Å²) in [5, 5.41) is 0.774. The van der Waals surface area contributed by atoms with Gasteiger partial charge in [0.1, 0.15) is 17.9 Å². The fourth-order valence-electron chi connectivity index (χ4n) is 2.29. The van der Waals surface area contributed by atoms with E-state index in [1.54, 1.807) is 18.3 Å². The molecule has 0 unspecified atom stereocenters. The standard InChI is InChI=1S/C17H15NO4/c1-2-11-5-6-13-12(9-16(19)22-15(13)8-11)10-21-17(20)14-4-3-7-18-14/h3-9,18H,2,10H2,1H3. The fraction of sp³-hybridized carbons (Fsp3) is 0.176. The van der Waals surface area contributed by atoms with Crippen molar-refractivity contribution in [2.24, 2.45) is 0 Å². The highest BCUT2D eigenvalue weighted by Crippen LogP contribution is 2.20. The van der Waals surface area contributed by atoms with E-state index in [0.29, 0.717) is 16.8 Å². The van der Waals surface area contributed by atoms with Crippen molar-refractivity contribution in [2.45, 2.75) is 20.0 Å². The first kappa shape index (κ1) is 14.1. The number of esters is 1. The molecule has 0 aliphatic carbocycles. The molecule has 2 heterocycles. The second-order valence-corrected chi connectivity index (χ2v) is 4.93. The van der Waals surface area contributed by atoms with Gasteiger partial charge in [-0.25, -0.2) is 9.59 Å². The number of aromatic amines is 1. The molecule has 0 atom stereocenters. The molecule has 0 fully saturated rings. The maximum Gasteiger partial charge on any atom is 0.355 e. The summed E-state index contributed by atoms with van der Waals surface area (Å²) < 4.78 is 10.5. The van der Waals surface area contributed by atoms with Crippen LogP contribution in [0.5, 0.6) is 0 Å². The Morgan fingerprint density at radius 1 is 1.27 bits per heavy atom. The Hall–Kier alpha value is -2.82. The van der Waals surface area contributed by atoms with Crippen LogP contribution in [0.2, 0.25) is 0 Å². The Morgan fingerprint density at radius 3 is 2.86 bits per heavy atom. The van der Waals surface area contributed by atoms with Gasteiger partial charge >= 0.3 is 11.6 Å². The van der Waals surface area contributed by atoms with E-state index in [-0.39, 0.29) is 6.61 Å². The highest BCUT2D eigenvalue weighted by molar-refractivity contribution is 5.87. The lowest BCUT2D eigenvalue weighted by molar-refractivity contribution is 0.0467. The normalized spacial score (nSPS) is 10.8. The van der Waals surface area contributed by atoms with Crippen LogP contribution in [0.4, 0.5) is 0 Å². The van der Waals surface area contributed by atoms with Gasteiger partial charge in [0.25, 0.3) is 0 Å². The minimum absolute atomic E-state index is 0.0193. The summed E-state index contributed by atoms with van der Waals surface area (Å²) in [6.07, 6.45) is 2.50. The summed E-state index contributed by atoms with van der Waals surface area (Å²) in [5.41, 5.74) is 2.15. The molecule has 0 amide bonds. The summed E-state index contributed by atoms with van der Waals surface area (Å²) in [5.74, 6) is -0.462. The Labute approximate surface area is 126 Å². The average molecular weight is 297 g/mol. The quantitative estimate of drug-likeness (QED) is 0.593. The van der Waals surface area contributed by atoms with Crippen molar-refractivity contribution in [3.05, 3.63) is 69.8 Å². The lowest BCUT2D eigenvalue weighted by atomic mass is 10.1. The second-order valence-electron chi connectivity index (χ2n) is 4.93. The molecule has 0 saturated heterocycles. The minimum atomic E-state index is -0.462. The highest BCUT2D eigenvalue weighted by atomic mass is 16.5. The van der Waals surface area contributed by atoms with Crippen molar-refractivity contribution in [1.29, 1.82) is 0 Å². The smallest absolute Gasteiger partial charge is 0.355 e. The fourth-order valence-corrected chi connectivity index (χ4v) is 2.29. The van der Waals surface area contributed by atoms with Gasteiger partial charge in [0.15, 0.2) is 0 Å². The third kappa shape index (κ3) is 2.79. The number of aryl methyl sites for hydroxylation is 1. The van der Waals surface area contributed by atoms with E-state index in [9.17, 15) is 9.59 Å². The molecule has 112 valence electrons. The molecule has 22 heavy (non-hydrogen) atoms. The van der Waals surface area contributed by atoms with E-state index in [1.165, 1.54) is 6.07 Å². The molecule has 0 aliphatic rings. The summed E-state index contributed by atoms with van der Waals surface area (Å²) in [4.78, 5) is 26.3. The van der Waals surface area contributed by atoms with Crippen LogP contribution in [0.1, 0.15) is 28.5 Å². The van der Waals surface area contributed by atoms with Gasteiger partial charge in [-0.15, -0.1) is 0 Å². The molecule has 0 spiro atoms. The molecule has 0 bridgehead atoms. The van der Waals surface area contributed by atoms with Crippen LogP contribution in [-0.4, -0.2) is 11.0 Å². The Balaban J connectivity index is 1.90. The average Bonchev–Trinajstić information content (AvgIpc) is 3.05. The van der Waals surface area contributed by atoms with Crippen LogP contribution in [0.25, 0.3) is 11.0 Å².